The lowest BCUT2D eigenvalue weighted by atomic mass is 10.2. The van der Waals surface area contributed by atoms with Crippen molar-refractivity contribution >= 4 is 29.2 Å². The fourth-order valence-electron chi connectivity index (χ4n) is 1.56. The molecule has 2 rings (SSSR count). The minimum absolute atomic E-state index is 0.531. The number of aliphatic hydroxyl groups is 1. The minimum Gasteiger partial charge on any atom is -0.369 e. The van der Waals surface area contributed by atoms with E-state index < -0.39 is 6.23 Å². The Bertz CT molecular complexity index is 466. The third-order valence-electron chi connectivity index (χ3n) is 2.73. The number of allylic oxidation sites excluding steroid dienone is 1. The number of hydrogen-bond acceptors (Lipinski definition) is 6. The zero-order valence-electron chi connectivity index (χ0n) is 9.39. The summed E-state index contributed by atoms with van der Waals surface area (Å²) in [5.74, 6) is 0.531. The molecule has 0 aliphatic carbocycles. The first-order valence-electron chi connectivity index (χ1n) is 4.78. The van der Waals surface area contributed by atoms with Crippen molar-refractivity contribution < 1.29 is 5.11 Å². The Morgan fingerprint density at radius 3 is 2.62 bits per heavy atom. The lowest BCUT2D eigenvalue weighted by Crippen LogP contribution is -2.30. The molecular formula is C10H13N3OS2. The number of rotatable bonds is 2. The monoisotopic (exact) mass is 255 g/mol. The van der Waals surface area contributed by atoms with Gasteiger partial charge in [-0.1, -0.05) is 18.3 Å². The minimum atomic E-state index is -0.684. The van der Waals surface area contributed by atoms with Gasteiger partial charge >= 0.3 is 0 Å². The van der Waals surface area contributed by atoms with Crippen LogP contribution in [-0.4, -0.2) is 26.9 Å². The first-order chi connectivity index (χ1) is 7.56. The van der Waals surface area contributed by atoms with Gasteiger partial charge in [0, 0.05) is 5.70 Å². The zero-order chi connectivity index (χ0) is 11.9. The van der Waals surface area contributed by atoms with E-state index in [0.29, 0.717) is 5.95 Å². The Labute approximate surface area is 103 Å². The Hall–Kier alpha value is -0.850. The third kappa shape index (κ3) is 1.66. The van der Waals surface area contributed by atoms with E-state index in [1.54, 1.807) is 16.7 Å². The Kier molecular flexibility index (Phi) is 3.05. The molecule has 0 spiro atoms. The molecule has 0 fully saturated rings. The number of thioether (sulfide) groups is 1. The van der Waals surface area contributed by atoms with Crippen molar-refractivity contribution in [3.05, 3.63) is 23.4 Å². The lowest BCUT2D eigenvalue weighted by molar-refractivity contribution is 0.219. The highest BCUT2D eigenvalue weighted by Gasteiger charge is 2.32. The van der Waals surface area contributed by atoms with Crippen LogP contribution in [0.3, 0.4) is 0 Å². The van der Waals surface area contributed by atoms with Gasteiger partial charge < -0.3 is 5.11 Å². The molecular weight excluding hydrogens is 242 g/mol. The summed E-state index contributed by atoms with van der Waals surface area (Å²) in [5, 5.41) is 10.1. The van der Waals surface area contributed by atoms with Crippen molar-refractivity contribution in [2.45, 2.75) is 24.4 Å². The highest BCUT2D eigenvalue weighted by molar-refractivity contribution is 8.00. The topological polar surface area (TPSA) is 49.2 Å². The van der Waals surface area contributed by atoms with Gasteiger partial charge in [-0.05, 0) is 42.8 Å². The summed E-state index contributed by atoms with van der Waals surface area (Å²) in [7, 11) is 0. The fraction of sp³-hybridized carbons (Fsp3) is 0.400. The molecule has 16 heavy (non-hydrogen) atoms. The van der Waals surface area contributed by atoms with Gasteiger partial charge in [-0.15, -0.1) is 0 Å². The second-order valence-electron chi connectivity index (χ2n) is 3.56. The van der Waals surface area contributed by atoms with Crippen LogP contribution in [-0.2, 0) is 0 Å². The van der Waals surface area contributed by atoms with Crippen LogP contribution in [0.25, 0.3) is 0 Å². The molecule has 1 atom stereocenters. The van der Waals surface area contributed by atoms with Gasteiger partial charge in [0.1, 0.15) is 0 Å². The van der Waals surface area contributed by atoms with Gasteiger partial charge in [0.2, 0.25) is 5.95 Å². The maximum Gasteiger partial charge on any atom is 0.245 e. The first kappa shape index (κ1) is 11.6. The molecule has 0 bridgehead atoms. The van der Waals surface area contributed by atoms with Crippen molar-refractivity contribution in [2.24, 2.45) is 0 Å². The van der Waals surface area contributed by atoms with Gasteiger partial charge in [0.05, 0.1) is 0 Å². The van der Waals surface area contributed by atoms with E-state index >= 15 is 0 Å². The molecule has 2 heterocycles. The van der Waals surface area contributed by atoms with Gasteiger partial charge in [-0.3, -0.25) is 4.90 Å². The summed E-state index contributed by atoms with van der Waals surface area (Å²) in [6.07, 6.45) is 1.27. The van der Waals surface area contributed by atoms with Crippen LogP contribution in [0, 0.1) is 0 Å². The van der Waals surface area contributed by atoms with Crippen LogP contribution in [0.4, 0.5) is 5.95 Å². The number of nitrogens with zero attached hydrogens (tertiary/aromatic N) is 3. The Morgan fingerprint density at radius 1 is 1.50 bits per heavy atom. The molecule has 0 radical (unpaired) electrons. The number of aromatic nitrogens is 2. The third-order valence-corrected chi connectivity index (χ3v) is 4.40. The van der Waals surface area contributed by atoms with Crippen LogP contribution in [0.15, 0.2) is 27.8 Å². The van der Waals surface area contributed by atoms with Gasteiger partial charge in [-0.2, -0.15) is 9.36 Å². The van der Waals surface area contributed by atoms with E-state index in [0.717, 1.165) is 21.2 Å². The quantitative estimate of drug-likeness (QED) is 0.821. The number of hydrogen-bond donors (Lipinski definition) is 1. The molecule has 86 valence electrons. The second-order valence-corrected chi connectivity index (χ2v) is 5.37. The molecule has 1 aromatic rings. The summed E-state index contributed by atoms with van der Waals surface area (Å²) >= 11 is 2.88. The van der Waals surface area contributed by atoms with Crippen molar-refractivity contribution in [1.82, 2.24) is 9.36 Å². The summed E-state index contributed by atoms with van der Waals surface area (Å²) < 4.78 is 5.11. The molecule has 6 heteroatoms. The number of aliphatic hydroxyl groups excluding tert-OH is 1. The summed E-state index contributed by atoms with van der Waals surface area (Å²) in [4.78, 5) is 6.00. The van der Waals surface area contributed by atoms with Crippen molar-refractivity contribution in [3.8, 4) is 0 Å². The largest absolute Gasteiger partial charge is 0.369 e. The SMILES string of the molecule is C=C1C(C)=C(C)C(O)N1c1nsc(SC)n1. The number of anilines is 1. The average Bonchev–Trinajstić information content (AvgIpc) is 2.81. The molecule has 1 aromatic heterocycles. The van der Waals surface area contributed by atoms with E-state index in [4.69, 9.17) is 0 Å². The van der Waals surface area contributed by atoms with E-state index in [2.05, 4.69) is 15.9 Å². The molecule has 4 nitrogen and oxygen atoms in total. The summed E-state index contributed by atoms with van der Waals surface area (Å²) in [6, 6.07) is 0. The van der Waals surface area contributed by atoms with Crippen LogP contribution in [0.1, 0.15) is 13.8 Å². The molecule has 1 N–H and O–H groups in total. The lowest BCUT2D eigenvalue weighted by Gasteiger charge is -2.20. The second kappa shape index (κ2) is 4.20. The van der Waals surface area contributed by atoms with E-state index in [9.17, 15) is 5.11 Å². The predicted octanol–water partition coefficient (Wildman–Crippen LogP) is 2.25. The van der Waals surface area contributed by atoms with Crippen LogP contribution < -0.4 is 4.90 Å². The van der Waals surface area contributed by atoms with Crippen LogP contribution >= 0.6 is 23.3 Å². The first-order valence-corrected chi connectivity index (χ1v) is 6.77. The van der Waals surface area contributed by atoms with E-state index in [1.807, 2.05) is 20.1 Å². The van der Waals surface area contributed by atoms with Crippen molar-refractivity contribution in [2.75, 3.05) is 11.2 Å². The highest BCUT2D eigenvalue weighted by Crippen LogP contribution is 2.35. The predicted molar refractivity (Wildman–Crippen MR) is 67.7 cm³/mol. The van der Waals surface area contributed by atoms with Gasteiger partial charge in [0.25, 0.3) is 0 Å². The summed E-state index contributed by atoms with van der Waals surface area (Å²) in [6.45, 7) is 7.80. The zero-order valence-corrected chi connectivity index (χ0v) is 11.0. The Morgan fingerprint density at radius 2 is 2.19 bits per heavy atom. The smallest absolute Gasteiger partial charge is 0.245 e. The standard InChI is InChI=1S/C10H13N3OS2/c1-5-6(2)8(14)13(7(5)3)9-11-10(15-4)16-12-9/h8,14H,3H2,1-2,4H3. The molecule has 1 aliphatic heterocycles. The molecule has 0 saturated heterocycles. The van der Waals surface area contributed by atoms with Gasteiger partial charge in [-0.25, -0.2) is 0 Å². The summed E-state index contributed by atoms with van der Waals surface area (Å²) in [5.41, 5.74) is 2.69. The van der Waals surface area contributed by atoms with Crippen molar-refractivity contribution in [3.63, 3.8) is 0 Å². The van der Waals surface area contributed by atoms with E-state index in [1.165, 1.54) is 11.5 Å². The van der Waals surface area contributed by atoms with E-state index in [-0.39, 0.29) is 0 Å². The normalized spacial score (nSPS) is 21.1. The Balaban J connectivity index is 2.34. The fourth-order valence-corrected chi connectivity index (χ4v) is 2.55. The maximum atomic E-state index is 10.1. The molecule has 0 amide bonds. The molecule has 1 aliphatic rings. The van der Waals surface area contributed by atoms with Crippen LogP contribution in [0.5, 0.6) is 0 Å². The van der Waals surface area contributed by atoms with Crippen molar-refractivity contribution in [1.29, 1.82) is 0 Å². The maximum absolute atomic E-state index is 10.1. The molecule has 1 unspecified atom stereocenters. The molecule has 0 aromatic carbocycles. The van der Waals surface area contributed by atoms with Crippen LogP contribution in [0.2, 0.25) is 0 Å². The molecule has 0 saturated carbocycles. The average molecular weight is 255 g/mol. The van der Waals surface area contributed by atoms with Gasteiger partial charge in [0.15, 0.2) is 10.6 Å². The highest BCUT2D eigenvalue weighted by atomic mass is 32.2.